The average molecular weight is 372 g/mol. The van der Waals surface area contributed by atoms with Crippen molar-refractivity contribution in [1.82, 2.24) is 10.2 Å². The number of rotatable bonds is 7. The van der Waals surface area contributed by atoms with Crippen LogP contribution in [0.5, 0.6) is 17.2 Å². The van der Waals surface area contributed by atoms with Gasteiger partial charge in [0, 0.05) is 12.6 Å². The van der Waals surface area contributed by atoms with Gasteiger partial charge in [-0.1, -0.05) is 18.2 Å². The number of allylic oxidation sites excluding steroid dienone is 3. The minimum atomic E-state index is 0.135. The van der Waals surface area contributed by atoms with Crippen molar-refractivity contribution in [3.05, 3.63) is 84.6 Å². The first-order valence-corrected chi connectivity index (χ1v) is 9.66. The molecule has 0 amide bonds. The van der Waals surface area contributed by atoms with Gasteiger partial charge in [0.05, 0.1) is 11.8 Å². The molecule has 0 radical (unpaired) electrons. The topological polar surface area (TPSA) is 47.1 Å². The van der Waals surface area contributed by atoms with Crippen molar-refractivity contribution in [2.24, 2.45) is 0 Å². The van der Waals surface area contributed by atoms with E-state index in [1.54, 1.807) is 6.20 Å². The zero-order valence-electron chi connectivity index (χ0n) is 16.0. The van der Waals surface area contributed by atoms with Crippen molar-refractivity contribution in [1.29, 1.82) is 0 Å². The van der Waals surface area contributed by atoms with Crippen molar-refractivity contribution < 1.29 is 9.47 Å². The van der Waals surface area contributed by atoms with Crippen molar-refractivity contribution in [3.8, 4) is 28.5 Å². The van der Waals surface area contributed by atoms with E-state index in [0.717, 1.165) is 47.8 Å². The van der Waals surface area contributed by atoms with Gasteiger partial charge in [-0.2, -0.15) is 5.10 Å². The van der Waals surface area contributed by atoms with E-state index in [9.17, 15) is 0 Å². The minimum Gasteiger partial charge on any atom is -0.490 e. The number of nitrogens with zero attached hydrogens (tertiary/aromatic N) is 1. The van der Waals surface area contributed by atoms with Crippen molar-refractivity contribution in [2.45, 2.75) is 32.3 Å². The van der Waals surface area contributed by atoms with E-state index in [0.29, 0.717) is 0 Å². The number of hydrogen-bond donors (Lipinski definition) is 1. The summed E-state index contributed by atoms with van der Waals surface area (Å²) in [6.45, 7) is 2.11. The molecule has 28 heavy (non-hydrogen) atoms. The minimum absolute atomic E-state index is 0.135. The normalized spacial score (nSPS) is 14.4. The van der Waals surface area contributed by atoms with Crippen LogP contribution in [0.2, 0.25) is 0 Å². The molecule has 4 rings (SSSR count). The number of benzene rings is 2. The highest BCUT2D eigenvalue weighted by Crippen LogP contribution is 2.27. The Kier molecular flexibility index (Phi) is 5.57. The Morgan fingerprint density at radius 3 is 2.29 bits per heavy atom. The van der Waals surface area contributed by atoms with E-state index in [-0.39, 0.29) is 6.10 Å². The predicted octanol–water partition coefficient (Wildman–Crippen LogP) is 6.30. The second kappa shape index (κ2) is 8.61. The van der Waals surface area contributed by atoms with Crippen LogP contribution in [0.3, 0.4) is 0 Å². The van der Waals surface area contributed by atoms with E-state index < -0.39 is 0 Å². The molecular weight excluding hydrogens is 348 g/mol. The molecule has 1 atom stereocenters. The Bertz CT molecular complexity index is 939. The molecule has 3 aromatic rings. The van der Waals surface area contributed by atoms with Crippen LogP contribution in [0.25, 0.3) is 11.3 Å². The molecule has 0 fully saturated rings. The number of H-pyrrole nitrogens is 1. The molecule has 0 spiro atoms. The summed E-state index contributed by atoms with van der Waals surface area (Å²) in [5.74, 6) is 2.43. The predicted molar refractivity (Wildman–Crippen MR) is 112 cm³/mol. The lowest BCUT2D eigenvalue weighted by Crippen LogP contribution is -2.12. The van der Waals surface area contributed by atoms with Crippen LogP contribution >= 0.6 is 0 Å². The maximum Gasteiger partial charge on any atom is 0.127 e. The first-order valence-electron chi connectivity index (χ1n) is 9.66. The van der Waals surface area contributed by atoms with Gasteiger partial charge >= 0.3 is 0 Å². The molecule has 4 nitrogen and oxygen atoms in total. The van der Waals surface area contributed by atoms with Gasteiger partial charge in [0.2, 0.25) is 0 Å². The number of aromatic nitrogens is 2. The van der Waals surface area contributed by atoms with Gasteiger partial charge in [-0.05, 0) is 85.5 Å². The summed E-state index contributed by atoms with van der Waals surface area (Å²) in [7, 11) is 0. The van der Waals surface area contributed by atoms with Crippen LogP contribution in [-0.2, 0) is 0 Å². The monoisotopic (exact) mass is 372 g/mol. The van der Waals surface area contributed by atoms with E-state index >= 15 is 0 Å². The summed E-state index contributed by atoms with van der Waals surface area (Å²) in [4.78, 5) is 0. The summed E-state index contributed by atoms with van der Waals surface area (Å²) in [6.07, 6.45) is 11.8. The van der Waals surface area contributed by atoms with E-state index in [1.165, 1.54) is 5.57 Å². The Morgan fingerprint density at radius 2 is 1.64 bits per heavy atom. The third-order valence-electron chi connectivity index (χ3n) is 4.66. The van der Waals surface area contributed by atoms with Crippen LogP contribution in [0, 0.1) is 0 Å². The van der Waals surface area contributed by atoms with Crippen molar-refractivity contribution in [2.75, 3.05) is 0 Å². The van der Waals surface area contributed by atoms with Gasteiger partial charge < -0.3 is 9.47 Å². The molecule has 1 aromatic heterocycles. The molecule has 0 saturated carbocycles. The van der Waals surface area contributed by atoms with Gasteiger partial charge in [0.25, 0.3) is 0 Å². The fourth-order valence-electron chi connectivity index (χ4n) is 3.27. The number of nitrogens with one attached hydrogen (secondary N) is 1. The largest absolute Gasteiger partial charge is 0.490 e. The second-order valence-electron chi connectivity index (χ2n) is 6.96. The second-order valence-corrected chi connectivity index (χ2v) is 6.96. The van der Waals surface area contributed by atoms with E-state index in [4.69, 9.17) is 9.47 Å². The summed E-state index contributed by atoms with van der Waals surface area (Å²) >= 11 is 0. The first kappa shape index (κ1) is 18.1. The quantitative estimate of drug-likeness (QED) is 0.529. The maximum atomic E-state index is 6.04. The summed E-state index contributed by atoms with van der Waals surface area (Å²) < 4.78 is 12.0. The highest BCUT2D eigenvalue weighted by Gasteiger charge is 2.08. The Balaban J connectivity index is 1.33. The molecule has 0 bridgehead atoms. The lowest BCUT2D eigenvalue weighted by molar-refractivity contribution is 0.222. The SMILES string of the molecule is CC(CC1=CCCC=C1)Oc1ccc(Oc2ccc(-c3ccn[nH]3)cc2)cc1. The molecule has 0 saturated heterocycles. The van der Waals surface area contributed by atoms with Crippen LogP contribution < -0.4 is 9.47 Å². The van der Waals surface area contributed by atoms with Gasteiger partial charge in [0.15, 0.2) is 0 Å². The number of hydrogen-bond acceptors (Lipinski definition) is 3. The molecule has 1 heterocycles. The Morgan fingerprint density at radius 1 is 0.929 bits per heavy atom. The van der Waals surface area contributed by atoms with E-state index in [1.807, 2.05) is 54.6 Å². The summed E-state index contributed by atoms with van der Waals surface area (Å²) in [5.41, 5.74) is 3.42. The highest BCUT2D eigenvalue weighted by atomic mass is 16.5. The Hall–Kier alpha value is -3.27. The van der Waals surface area contributed by atoms with E-state index in [2.05, 4.69) is 35.3 Å². The third-order valence-corrected chi connectivity index (χ3v) is 4.66. The van der Waals surface area contributed by atoms with Crippen molar-refractivity contribution >= 4 is 0 Å². The van der Waals surface area contributed by atoms with Crippen LogP contribution in [0.1, 0.15) is 26.2 Å². The molecule has 142 valence electrons. The average Bonchev–Trinajstić information content (AvgIpc) is 3.26. The molecular formula is C24H24N2O2. The van der Waals surface area contributed by atoms with Gasteiger partial charge in [-0.3, -0.25) is 5.10 Å². The zero-order valence-corrected chi connectivity index (χ0v) is 16.0. The van der Waals surface area contributed by atoms with Crippen molar-refractivity contribution in [3.63, 3.8) is 0 Å². The van der Waals surface area contributed by atoms with Crippen LogP contribution in [0.4, 0.5) is 0 Å². The fraction of sp³-hybridized carbons (Fsp3) is 0.208. The molecule has 1 N–H and O–H groups in total. The zero-order chi connectivity index (χ0) is 19.2. The number of aromatic amines is 1. The van der Waals surface area contributed by atoms with Crippen LogP contribution in [0.15, 0.2) is 84.6 Å². The molecule has 4 heteroatoms. The maximum absolute atomic E-state index is 6.04. The third kappa shape index (κ3) is 4.71. The highest BCUT2D eigenvalue weighted by molar-refractivity contribution is 5.59. The van der Waals surface area contributed by atoms with Gasteiger partial charge in [-0.15, -0.1) is 0 Å². The molecule has 2 aromatic carbocycles. The Labute approximate surface area is 165 Å². The molecule has 1 unspecified atom stereocenters. The summed E-state index contributed by atoms with van der Waals surface area (Å²) in [6, 6.07) is 17.6. The first-order chi connectivity index (χ1) is 13.8. The fourth-order valence-corrected chi connectivity index (χ4v) is 3.27. The lowest BCUT2D eigenvalue weighted by atomic mass is 10.0. The van der Waals surface area contributed by atoms with Gasteiger partial charge in [0.1, 0.15) is 17.2 Å². The molecule has 0 aliphatic heterocycles. The van der Waals surface area contributed by atoms with Gasteiger partial charge in [-0.25, -0.2) is 0 Å². The lowest BCUT2D eigenvalue weighted by Gasteiger charge is -2.17. The van der Waals surface area contributed by atoms with Crippen LogP contribution in [-0.4, -0.2) is 16.3 Å². The number of ether oxygens (including phenoxy) is 2. The smallest absolute Gasteiger partial charge is 0.127 e. The summed E-state index contributed by atoms with van der Waals surface area (Å²) in [5, 5.41) is 6.93. The standard InChI is InChI=1S/C24H24N2O2/c1-18(17-19-5-3-2-4-6-19)27-21-11-13-23(14-12-21)28-22-9-7-20(8-10-22)24-15-16-25-26-24/h3,5-16,18H,2,4,17H2,1H3,(H,25,26). The molecule has 1 aliphatic rings. The molecule has 1 aliphatic carbocycles.